The van der Waals surface area contributed by atoms with E-state index in [9.17, 15) is 22.8 Å². The molecule has 10 nitrogen and oxygen atoms in total. The van der Waals surface area contributed by atoms with Crippen molar-refractivity contribution in [2.75, 3.05) is 62.4 Å². The summed E-state index contributed by atoms with van der Waals surface area (Å²) in [4.78, 5) is 34.8. The molecule has 4 aliphatic rings. The molecule has 40 heavy (non-hydrogen) atoms. The number of hydrogen-bond acceptors (Lipinski definition) is 8. The number of amides is 1. The van der Waals surface area contributed by atoms with Crippen molar-refractivity contribution in [1.82, 2.24) is 14.5 Å². The molecule has 0 N–H and O–H groups in total. The monoisotopic (exact) mass is 563 g/mol. The first kappa shape index (κ1) is 26.9. The number of nitrogens with zero attached hydrogens (tertiary/aromatic N) is 5. The average Bonchev–Trinajstić information content (AvgIpc) is 3.59. The fraction of sp³-hybridized carbons (Fsp3) is 0.593. The second-order valence-electron chi connectivity index (χ2n) is 10.6. The zero-order chi connectivity index (χ0) is 27.9. The van der Waals surface area contributed by atoms with Gasteiger partial charge in [0.2, 0.25) is 5.95 Å². The van der Waals surface area contributed by atoms with Crippen LogP contribution in [-0.2, 0) is 27.2 Å². The van der Waals surface area contributed by atoms with E-state index < -0.39 is 12.2 Å². The van der Waals surface area contributed by atoms with Crippen LogP contribution in [0.1, 0.15) is 18.4 Å². The van der Waals surface area contributed by atoms with Crippen LogP contribution in [0.15, 0.2) is 35.1 Å². The summed E-state index contributed by atoms with van der Waals surface area (Å²) in [5.74, 6) is 0.851. The number of morpholine rings is 2. The minimum absolute atomic E-state index is 0.0327. The minimum Gasteiger partial charge on any atom is -0.484 e. The molecule has 2 bridgehead atoms. The van der Waals surface area contributed by atoms with Crippen molar-refractivity contribution in [2.24, 2.45) is 0 Å². The van der Waals surface area contributed by atoms with Crippen LogP contribution >= 0.6 is 0 Å². The number of halogens is 3. The number of carbonyl (C=O) groups is 1. The summed E-state index contributed by atoms with van der Waals surface area (Å²) in [5, 5.41) is 0. The molecule has 1 aromatic carbocycles. The van der Waals surface area contributed by atoms with Gasteiger partial charge in [0, 0.05) is 38.8 Å². The Labute approximate surface area is 229 Å². The fourth-order valence-corrected chi connectivity index (χ4v) is 5.93. The van der Waals surface area contributed by atoms with Crippen LogP contribution in [0, 0.1) is 0 Å². The zero-order valence-electron chi connectivity index (χ0n) is 22.0. The molecule has 3 saturated heterocycles. The number of benzene rings is 1. The zero-order valence-corrected chi connectivity index (χ0v) is 22.0. The maximum Gasteiger partial charge on any atom is 0.408 e. The van der Waals surface area contributed by atoms with E-state index in [0.717, 1.165) is 12.0 Å². The number of fused-ring (bicyclic) bond motifs is 3. The lowest BCUT2D eigenvalue weighted by Gasteiger charge is -2.39. The standard InChI is InChI=1S/C27H32F3N5O5/c28-27(29,30)22-6-8-34-24(36)14-23(35-15-21-13-19(35)16-39-21)31-26(34)33(22)7-5-18-1-3-20(4-2-18)40-17-25(37)32-9-11-38-12-10-32/h1-4,14,19,21-22H,5-13,15-17H2/t19?,21?,22-/m0/s1. The lowest BCUT2D eigenvalue weighted by Crippen LogP contribution is -2.53. The molecule has 0 saturated carbocycles. The van der Waals surface area contributed by atoms with Gasteiger partial charge in [0.25, 0.3) is 11.5 Å². The van der Waals surface area contributed by atoms with Gasteiger partial charge >= 0.3 is 6.18 Å². The van der Waals surface area contributed by atoms with E-state index in [2.05, 4.69) is 4.98 Å². The third kappa shape index (κ3) is 5.49. The van der Waals surface area contributed by atoms with Gasteiger partial charge in [-0.15, -0.1) is 0 Å². The molecule has 0 aliphatic carbocycles. The highest BCUT2D eigenvalue weighted by molar-refractivity contribution is 5.77. The summed E-state index contributed by atoms with van der Waals surface area (Å²) in [5.41, 5.74) is 0.458. The Bertz CT molecular complexity index is 1280. The third-order valence-corrected chi connectivity index (χ3v) is 8.10. The van der Waals surface area contributed by atoms with Gasteiger partial charge in [0.05, 0.1) is 32.0 Å². The Hall–Kier alpha value is -3.32. The summed E-state index contributed by atoms with van der Waals surface area (Å²) >= 11 is 0. The van der Waals surface area contributed by atoms with Gasteiger partial charge < -0.3 is 28.9 Å². The quantitative estimate of drug-likeness (QED) is 0.505. The van der Waals surface area contributed by atoms with Crippen molar-refractivity contribution >= 4 is 17.7 Å². The smallest absolute Gasteiger partial charge is 0.408 e. The van der Waals surface area contributed by atoms with Gasteiger partial charge in [0.1, 0.15) is 17.6 Å². The molecule has 1 amide bonds. The SMILES string of the molecule is O=C(COc1ccc(CCN2c3nc(N4CC5CC4CO5)cc(=O)n3CC[C@H]2C(F)(F)F)cc1)N1CCOCC1. The molecule has 0 radical (unpaired) electrons. The lowest BCUT2D eigenvalue weighted by molar-refractivity contribution is -0.152. The Morgan fingerprint density at radius 1 is 1.12 bits per heavy atom. The largest absolute Gasteiger partial charge is 0.484 e. The predicted octanol–water partition coefficient (Wildman–Crippen LogP) is 1.84. The number of ether oxygens (including phenoxy) is 3. The Morgan fingerprint density at radius 2 is 1.90 bits per heavy atom. The van der Waals surface area contributed by atoms with Crippen LogP contribution in [-0.4, -0.2) is 97.3 Å². The summed E-state index contributed by atoms with van der Waals surface area (Å²) < 4.78 is 60.3. The number of rotatable bonds is 7. The highest BCUT2D eigenvalue weighted by Crippen LogP contribution is 2.36. The second kappa shape index (κ2) is 10.9. The number of hydrogen-bond donors (Lipinski definition) is 0. The van der Waals surface area contributed by atoms with Crippen LogP contribution in [0.3, 0.4) is 0 Å². The van der Waals surface area contributed by atoms with Crippen molar-refractivity contribution in [3.05, 3.63) is 46.2 Å². The highest BCUT2D eigenvalue weighted by atomic mass is 19.4. The third-order valence-electron chi connectivity index (χ3n) is 8.10. The van der Waals surface area contributed by atoms with Gasteiger partial charge in [-0.2, -0.15) is 18.2 Å². The first-order valence-electron chi connectivity index (χ1n) is 13.7. The van der Waals surface area contributed by atoms with Crippen LogP contribution in [0.25, 0.3) is 0 Å². The van der Waals surface area contributed by atoms with E-state index in [4.69, 9.17) is 14.2 Å². The molecular weight excluding hydrogens is 531 g/mol. The maximum atomic E-state index is 14.1. The fourth-order valence-electron chi connectivity index (χ4n) is 5.93. The predicted molar refractivity (Wildman–Crippen MR) is 139 cm³/mol. The molecule has 3 atom stereocenters. The Morgan fingerprint density at radius 3 is 2.58 bits per heavy atom. The molecule has 3 fully saturated rings. The molecule has 1 aromatic heterocycles. The minimum atomic E-state index is -4.47. The van der Waals surface area contributed by atoms with Crippen LogP contribution < -0.4 is 20.1 Å². The number of alkyl halides is 3. The molecular formula is C27H32F3N5O5. The summed E-state index contributed by atoms with van der Waals surface area (Å²) in [6.07, 6.45) is -3.49. The summed E-state index contributed by atoms with van der Waals surface area (Å²) in [6, 6.07) is 6.75. The topological polar surface area (TPSA) is 89.4 Å². The normalized spacial score (nSPS) is 24.4. The van der Waals surface area contributed by atoms with Crippen molar-refractivity contribution in [3.8, 4) is 5.75 Å². The summed E-state index contributed by atoms with van der Waals surface area (Å²) in [7, 11) is 0. The van der Waals surface area contributed by atoms with E-state index in [-0.39, 0.29) is 55.7 Å². The van der Waals surface area contributed by atoms with E-state index in [1.54, 1.807) is 29.2 Å². The van der Waals surface area contributed by atoms with Gasteiger partial charge in [0.15, 0.2) is 6.61 Å². The van der Waals surface area contributed by atoms with Gasteiger partial charge in [-0.1, -0.05) is 12.1 Å². The number of anilines is 2. The van der Waals surface area contributed by atoms with Crippen molar-refractivity contribution in [2.45, 2.75) is 50.2 Å². The number of aromatic nitrogens is 2. The van der Waals surface area contributed by atoms with Crippen LogP contribution in [0.4, 0.5) is 24.9 Å². The van der Waals surface area contributed by atoms with Crippen molar-refractivity contribution in [1.29, 1.82) is 0 Å². The van der Waals surface area contributed by atoms with E-state index in [0.29, 0.717) is 57.4 Å². The van der Waals surface area contributed by atoms with Crippen molar-refractivity contribution < 1.29 is 32.2 Å². The average molecular weight is 564 g/mol. The van der Waals surface area contributed by atoms with E-state index >= 15 is 0 Å². The molecule has 0 spiro atoms. The Kier molecular flexibility index (Phi) is 7.34. The number of carbonyl (C=O) groups excluding carboxylic acids is 1. The maximum absolute atomic E-state index is 14.1. The van der Waals surface area contributed by atoms with Crippen molar-refractivity contribution in [3.63, 3.8) is 0 Å². The first-order valence-corrected chi connectivity index (χ1v) is 13.7. The van der Waals surface area contributed by atoms with E-state index in [1.165, 1.54) is 15.5 Å². The van der Waals surface area contributed by atoms with Gasteiger partial charge in [-0.3, -0.25) is 14.2 Å². The lowest BCUT2D eigenvalue weighted by atomic mass is 10.1. The molecule has 2 unspecified atom stereocenters. The Balaban J connectivity index is 1.16. The summed E-state index contributed by atoms with van der Waals surface area (Å²) in [6.45, 7) is 3.11. The van der Waals surface area contributed by atoms with Gasteiger partial charge in [-0.05, 0) is 37.0 Å². The highest BCUT2D eigenvalue weighted by Gasteiger charge is 2.47. The molecule has 5 heterocycles. The van der Waals surface area contributed by atoms with Crippen LogP contribution in [0.5, 0.6) is 5.75 Å². The van der Waals surface area contributed by atoms with E-state index in [1.807, 2.05) is 4.90 Å². The van der Waals surface area contributed by atoms with Crippen LogP contribution in [0.2, 0.25) is 0 Å². The van der Waals surface area contributed by atoms with Gasteiger partial charge in [-0.25, -0.2) is 0 Å². The molecule has 6 rings (SSSR count). The second-order valence-corrected chi connectivity index (χ2v) is 10.6. The molecule has 216 valence electrons. The first-order chi connectivity index (χ1) is 19.3. The molecule has 13 heteroatoms. The molecule has 2 aromatic rings. The molecule has 4 aliphatic heterocycles.